The average Bonchev–Trinajstić information content (AvgIpc) is 3.60. The Morgan fingerprint density at radius 3 is 2.56 bits per heavy atom. The molecule has 1 saturated heterocycles. The molecule has 1 aliphatic rings. The Morgan fingerprint density at radius 1 is 1.08 bits per heavy atom. The third-order valence-corrected chi connectivity index (χ3v) is 6.76. The van der Waals surface area contributed by atoms with E-state index in [1.807, 2.05) is 47.0 Å². The summed E-state index contributed by atoms with van der Waals surface area (Å²) in [6.45, 7) is 3.89. The molecule has 1 amide bonds. The second-order valence-electron chi connectivity index (χ2n) is 9.67. The zero-order valence-corrected chi connectivity index (χ0v) is 21.6. The average molecular weight is 528 g/mol. The van der Waals surface area contributed by atoms with Gasteiger partial charge in [0.25, 0.3) is 11.5 Å². The van der Waals surface area contributed by atoms with Crippen molar-refractivity contribution in [3.8, 4) is 22.4 Å². The summed E-state index contributed by atoms with van der Waals surface area (Å²) in [5.74, 6) is 0.360. The smallest absolute Gasteiger partial charge is 0.282 e. The summed E-state index contributed by atoms with van der Waals surface area (Å²) in [6.07, 6.45) is 5.48. The molecule has 0 radical (unpaired) electrons. The third-order valence-electron chi connectivity index (χ3n) is 6.76. The standard InChI is InChI=1S/C28H33N9O2/c29-27(30)33-12-1-11-31-14-18-2-4-19(5-3-18)23-16-37-17-24(35-28(37)36-26(23)39)20-6-8-21(9-7-20)25(38)34-22-10-13-32-15-22/h2-9,16-17,22,31-32H,1,10-15H2,(H,34,38)(H4,29,30,33)(H,35,36,39). The van der Waals surface area contributed by atoms with Crippen LogP contribution in [0.25, 0.3) is 28.2 Å². The van der Waals surface area contributed by atoms with Gasteiger partial charge >= 0.3 is 0 Å². The summed E-state index contributed by atoms with van der Waals surface area (Å²) >= 11 is 0. The number of rotatable bonds is 10. The van der Waals surface area contributed by atoms with Gasteiger partial charge in [-0.1, -0.05) is 36.4 Å². The lowest BCUT2D eigenvalue weighted by molar-refractivity contribution is 0.0940. The summed E-state index contributed by atoms with van der Waals surface area (Å²) in [5.41, 5.74) is 9.69. The highest BCUT2D eigenvalue weighted by Gasteiger charge is 2.17. The number of nitrogens with one attached hydrogen (secondary N) is 6. The Morgan fingerprint density at radius 2 is 1.85 bits per heavy atom. The molecule has 202 valence electrons. The molecule has 1 unspecified atom stereocenters. The van der Waals surface area contributed by atoms with Gasteiger partial charge in [-0.25, -0.2) is 0 Å². The van der Waals surface area contributed by atoms with Gasteiger partial charge in [0.15, 0.2) is 5.96 Å². The second kappa shape index (κ2) is 11.9. The van der Waals surface area contributed by atoms with Gasteiger partial charge in [0.1, 0.15) is 0 Å². The molecule has 1 atom stereocenters. The van der Waals surface area contributed by atoms with Crippen LogP contribution in [0, 0.1) is 5.41 Å². The molecule has 4 aromatic rings. The summed E-state index contributed by atoms with van der Waals surface area (Å²) in [5, 5.41) is 19.6. The van der Waals surface area contributed by atoms with E-state index in [0.29, 0.717) is 30.0 Å². The number of benzene rings is 2. The quantitative estimate of drug-likeness (QED) is 0.0930. The highest BCUT2D eigenvalue weighted by Crippen LogP contribution is 2.21. The molecular formula is C28H33N9O2. The van der Waals surface area contributed by atoms with Crippen molar-refractivity contribution in [1.82, 2.24) is 35.6 Å². The molecule has 0 bridgehead atoms. The molecule has 2 aromatic carbocycles. The fourth-order valence-electron chi connectivity index (χ4n) is 4.62. The molecule has 39 heavy (non-hydrogen) atoms. The highest BCUT2D eigenvalue weighted by atomic mass is 16.1. The lowest BCUT2D eigenvalue weighted by atomic mass is 10.1. The van der Waals surface area contributed by atoms with Crippen molar-refractivity contribution < 1.29 is 4.79 Å². The molecule has 8 N–H and O–H groups in total. The van der Waals surface area contributed by atoms with Crippen LogP contribution in [0.1, 0.15) is 28.8 Å². The van der Waals surface area contributed by atoms with E-state index in [0.717, 1.165) is 54.9 Å². The number of aromatic amines is 1. The van der Waals surface area contributed by atoms with Crippen LogP contribution in [0.15, 0.2) is 65.7 Å². The van der Waals surface area contributed by atoms with Gasteiger partial charge in [-0.15, -0.1) is 0 Å². The summed E-state index contributed by atoms with van der Waals surface area (Å²) in [6, 6.07) is 15.4. The molecule has 3 heterocycles. The fraction of sp³-hybridized carbons (Fsp3) is 0.286. The number of fused-ring (bicyclic) bond motifs is 1. The van der Waals surface area contributed by atoms with Gasteiger partial charge in [0, 0.05) is 43.6 Å². The number of nitrogens with two attached hydrogens (primary N) is 1. The minimum absolute atomic E-state index is 0.0163. The van der Waals surface area contributed by atoms with Gasteiger partial charge in [-0.2, -0.15) is 4.98 Å². The summed E-state index contributed by atoms with van der Waals surface area (Å²) in [4.78, 5) is 32.8. The Balaban J connectivity index is 1.24. The maximum atomic E-state index is 12.8. The zero-order chi connectivity index (χ0) is 27.2. The third kappa shape index (κ3) is 6.51. The number of carbonyl (C=O) groups is 1. The first-order valence-corrected chi connectivity index (χ1v) is 13.1. The number of carbonyl (C=O) groups excluding carboxylic acids is 1. The number of hydrogen-bond donors (Lipinski definition) is 7. The number of H-pyrrole nitrogens is 1. The van der Waals surface area contributed by atoms with Gasteiger partial charge in [0.2, 0.25) is 5.78 Å². The normalized spacial score (nSPS) is 14.9. The fourth-order valence-corrected chi connectivity index (χ4v) is 4.62. The summed E-state index contributed by atoms with van der Waals surface area (Å²) < 4.78 is 1.81. The number of nitrogens with zero attached hydrogens (tertiary/aromatic N) is 2. The molecular weight excluding hydrogens is 494 g/mol. The maximum absolute atomic E-state index is 12.8. The largest absolute Gasteiger partial charge is 0.370 e. The topological polar surface area (TPSA) is 165 Å². The SMILES string of the molecule is N=C(N)NCCCNCc1ccc(-c2cn3cc(-c4ccc(C(=O)NC5CCNC5)cc4)[nH]c3nc2=O)cc1. The molecule has 1 aliphatic heterocycles. The first kappa shape index (κ1) is 26.1. The van der Waals surface area contributed by atoms with Crippen LogP contribution in [-0.4, -0.2) is 58.5 Å². The van der Waals surface area contributed by atoms with E-state index in [4.69, 9.17) is 11.1 Å². The zero-order valence-electron chi connectivity index (χ0n) is 21.6. The first-order valence-electron chi connectivity index (χ1n) is 13.1. The van der Waals surface area contributed by atoms with E-state index in [9.17, 15) is 9.59 Å². The van der Waals surface area contributed by atoms with Crippen molar-refractivity contribution in [3.63, 3.8) is 0 Å². The Bertz CT molecular complexity index is 1500. The van der Waals surface area contributed by atoms with Crippen molar-refractivity contribution in [1.29, 1.82) is 5.41 Å². The second-order valence-corrected chi connectivity index (χ2v) is 9.67. The minimum Gasteiger partial charge on any atom is -0.370 e. The molecule has 2 aromatic heterocycles. The number of amides is 1. The number of guanidine groups is 1. The maximum Gasteiger partial charge on any atom is 0.282 e. The molecule has 11 heteroatoms. The van der Waals surface area contributed by atoms with Crippen LogP contribution in [0.5, 0.6) is 0 Å². The van der Waals surface area contributed by atoms with Crippen LogP contribution in [0.4, 0.5) is 0 Å². The van der Waals surface area contributed by atoms with Gasteiger partial charge < -0.3 is 32.0 Å². The molecule has 11 nitrogen and oxygen atoms in total. The van der Waals surface area contributed by atoms with Crippen LogP contribution in [0.3, 0.4) is 0 Å². The Kier molecular flexibility index (Phi) is 7.99. The van der Waals surface area contributed by atoms with Crippen LogP contribution >= 0.6 is 0 Å². The number of hydrogen-bond acceptors (Lipinski definition) is 6. The van der Waals surface area contributed by atoms with Crippen molar-refractivity contribution in [2.24, 2.45) is 5.73 Å². The van der Waals surface area contributed by atoms with E-state index >= 15 is 0 Å². The predicted octanol–water partition coefficient (Wildman–Crippen LogP) is 1.41. The lowest BCUT2D eigenvalue weighted by Gasteiger charge is -2.11. The first-order chi connectivity index (χ1) is 19.0. The van der Waals surface area contributed by atoms with E-state index in [-0.39, 0.29) is 23.5 Å². The molecule has 1 fully saturated rings. The monoisotopic (exact) mass is 527 g/mol. The van der Waals surface area contributed by atoms with E-state index in [1.54, 1.807) is 18.3 Å². The Labute approximate surface area is 225 Å². The van der Waals surface area contributed by atoms with E-state index in [1.165, 1.54) is 0 Å². The minimum atomic E-state index is -0.305. The van der Waals surface area contributed by atoms with Crippen LogP contribution in [0.2, 0.25) is 0 Å². The Hall–Kier alpha value is -4.48. The van der Waals surface area contributed by atoms with Crippen LogP contribution < -0.4 is 32.6 Å². The van der Waals surface area contributed by atoms with E-state index in [2.05, 4.69) is 31.2 Å². The molecule has 0 spiro atoms. The molecule has 0 aliphatic carbocycles. The molecule has 0 saturated carbocycles. The molecule has 5 rings (SSSR count). The van der Waals surface area contributed by atoms with Gasteiger partial charge in [-0.05, 0) is 54.8 Å². The van der Waals surface area contributed by atoms with Crippen molar-refractivity contribution in [2.75, 3.05) is 26.2 Å². The van der Waals surface area contributed by atoms with Gasteiger partial charge in [0.05, 0.1) is 11.3 Å². The van der Waals surface area contributed by atoms with Crippen LogP contribution in [-0.2, 0) is 6.54 Å². The number of imidazole rings is 1. The predicted molar refractivity (Wildman–Crippen MR) is 152 cm³/mol. The highest BCUT2D eigenvalue weighted by molar-refractivity contribution is 5.94. The van der Waals surface area contributed by atoms with Crippen molar-refractivity contribution in [3.05, 3.63) is 82.4 Å². The summed E-state index contributed by atoms with van der Waals surface area (Å²) in [7, 11) is 0. The van der Waals surface area contributed by atoms with Gasteiger partial charge in [-0.3, -0.25) is 19.4 Å². The van der Waals surface area contributed by atoms with Crippen molar-refractivity contribution in [2.45, 2.75) is 25.4 Å². The van der Waals surface area contributed by atoms with E-state index < -0.39 is 0 Å². The lowest BCUT2D eigenvalue weighted by Crippen LogP contribution is -2.36. The number of aromatic nitrogens is 3. The van der Waals surface area contributed by atoms with Crippen molar-refractivity contribution >= 4 is 17.6 Å².